The maximum Gasteiger partial charge on any atom is 0.161 e. The molecule has 0 saturated carbocycles. The van der Waals surface area contributed by atoms with Crippen LogP contribution in [0.15, 0.2) is 46.2 Å². The smallest absolute Gasteiger partial charge is 0.161 e. The van der Waals surface area contributed by atoms with Crippen molar-refractivity contribution in [2.75, 3.05) is 41.5 Å². The number of hydrogen-bond donors (Lipinski definition) is 0. The predicted octanol–water partition coefficient (Wildman–Crippen LogP) is 3.85. The second-order valence-corrected chi connectivity index (χ2v) is 9.83. The van der Waals surface area contributed by atoms with Crippen molar-refractivity contribution < 1.29 is 23.2 Å². The number of nitrogens with zero attached hydrogens (tertiary/aromatic N) is 2. The Bertz CT molecular complexity index is 927. The average Bonchev–Trinajstić information content (AvgIpc) is 2.80. The van der Waals surface area contributed by atoms with E-state index < -0.39 is 11.0 Å². The zero-order valence-electron chi connectivity index (χ0n) is 18.8. The number of hydrogen-bond acceptors (Lipinski definition) is 7. The van der Waals surface area contributed by atoms with Gasteiger partial charge in [-0.3, -0.25) is 0 Å². The number of rotatable bonds is 8. The van der Waals surface area contributed by atoms with Gasteiger partial charge in [0, 0.05) is 36.1 Å². The molecule has 2 aromatic carbocycles. The minimum Gasteiger partial charge on any atom is -0.493 e. The van der Waals surface area contributed by atoms with Crippen molar-refractivity contribution in [3.63, 3.8) is 0 Å². The van der Waals surface area contributed by atoms with Crippen LogP contribution in [0.5, 0.6) is 23.0 Å². The highest BCUT2D eigenvalue weighted by Crippen LogP contribution is 2.36. The molecule has 0 aromatic heterocycles. The summed E-state index contributed by atoms with van der Waals surface area (Å²) in [4.78, 5) is 1.78. The van der Waals surface area contributed by atoms with E-state index in [0.29, 0.717) is 34.4 Å². The van der Waals surface area contributed by atoms with Crippen LogP contribution in [0, 0.1) is 0 Å². The van der Waals surface area contributed by atoms with E-state index >= 15 is 0 Å². The summed E-state index contributed by atoms with van der Waals surface area (Å²) in [5.74, 6) is 2.63. The number of benzene rings is 2. The molecule has 0 amide bonds. The van der Waals surface area contributed by atoms with Gasteiger partial charge in [-0.2, -0.15) is 0 Å². The van der Waals surface area contributed by atoms with Gasteiger partial charge in [0.25, 0.3) is 0 Å². The molecular weight excluding hydrogens is 436 g/mol. The number of ether oxygens (including phenoxy) is 4. The first-order valence-electron chi connectivity index (χ1n) is 9.99. The molecule has 3 unspecified atom stereocenters. The molecule has 9 heteroatoms. The second-order valence-electron chi connectivity index (χ2n) is 7.27. The maximum absolute atomic E-state index is 13.3. The predicted molar refractivity (Wildman–Crippen MR) is 124 cm³/mol. The number of methoxy groups -OCH3 is 4. The summed E-state index contributed by atoms with van der Waals surface area (Å²) in [6.45, 7) is 5.72. The van der Waals surface area contributed by atoms with Gasteiger partial charge in [0.1, 0.15) is 11.0 Å². The van der Waals surface area contributed by atoms with Gasteiger partial charge in [0.15, 0.2) is 23.0 Å². The first-order chi connectivity index (χ1) is 14.9. The normalized spacial score (nSPS) is 20.8. The second kappa shape index (κ2) is 10.6. The van der Waals surface area contributed by atoms with Gasteiger partial charge in [-0.15, -0.1) is 0 Å². The van der Waals surface area contributed by atoms with Crippen LogP contribution in [-0.2, 0) is 11.0 Å². The fraction of sp³-hybridized carbons (Fsp3) is 0.455. The number of piperazine rings is 1. The van der Waals surface area contributed by atoms with E-state index in [1.807, 2.05) is 28.6 Å². The molecule has 7 nitrogen and oxygen atoms in total. The van der Waals surface area contributed by atoms with E-state index in [9.17, 15) is 4.21 Å². The Morgan fingerprint density at radius 3 is 2.00 bits per heavy atom. The van der Waals surface area contributed by atoms with Crippen molar-refractivity contribution in [2.45, 2.75) is 35.7 Å². The molecule has 1 fully saturated rings. The lowest BCUT2D eigenvalue weighted by atomic mass is 10.2. The van der Waals surface area contributed by atoms with Crippen LogP contribution in [0.4, 0.5) is 0 Å². The quantitative estimate of drug-likeness (QED) is 0.548. The van der Waals surface area contributed by atoms with Gasteiger partial charge in [-0.05, 0) is 56.1 Å². The minimum atomic E-state index is -1.29. The first-order valence-corrected chi connectivity index (χ1v) is 11.9. The molecule has 31 heavy (non-hydrogen) atoms. The minimum absolute atomic E-state index is 0.109. The lowest BCUT2D eigenvalue weighted by Gasteiger charge is -2.42. The maximum atomic E-state index is 13.3. The fourth-order valence-corrected chi connectivity index (χ4v) is 5.99. The average molecular weight is 467 g/mol. The molecule has 0 N–H and O–H groups in total. The van der Waals surface area contributed by atoms with E-state index in [1.165, 1.54) is 0 Å². The zero-order chi connectivity index (χ0) is 22.5. The molecule has 3 rings (SSSR count). The standard InChI is InChI=1S/C22H30N2O5S2/c1-15-14-24(31(25)18-8-10-20(27-4)22(12-18)29-6)16(2)13-23(15)30-17-7-9-19(26-3)21(11-17)28-5/h7-12,15-16H,13-14H2,1-6H3. The Morgan fingerprint density at radius 2 is 1.39 bits per heavy atom. The van der Waals surface area contributed by atoms with Crippen molar-refractivity contribution in [3.05, 3.63) is 36.4 Å². The van der Waals surface area contributed by atoms with Crippen molar-refractivity contribution in [1.82, 2.24) is 8.61 Å². The Morgan fingerprint density at radius 1 is 0.806 bits per heavy atom. The Hall–Kier alpha value is -1.94. The van der Waals surface area contributed by atoms with E-state index in [1.54, 1.807) is 52.5 Å². The third kappa shape index (κ3) is 5.28. The molecule has 2 aromatic rings. The Kier molecular flexibility index (Phi) is 8.10. The zero-order valence-corrected chi connectivity index (χ0v) is 20.4. The first kappa shape index (κ1) is 23.7. The van der Waals surface area contributed by atoms with Crippen LogP contribution in [0.3, 0.4) is 0 Å². The summed E-state index contributed by atoms with van der Waals surface area (Å²) in [6, 6.07) is 11.7. The van der Waals surface area contributed by atoms with E-state index in [4.69, 9.17) is 18.9 Å². The Labute approximate surface area is 191 Å². The van der Waals surface area contributed by atoms with Crippen molar-refractivity contribution in [1.29, 1.82) is 0 Å². The largest absolute Gasteiger partial charge is 0.493 e. The van der Waals surface area contributed by atoms with Crippen molar-refractivity contribution in [2.24, 2.45) is 0 Å². The molecule has 1 aliphatic rings. The molecule has 3 atom stereocenters. The van der Waals surface area contributed by atoms with Gasteiger partial charge in [-0.1, -0.05) is 0 Å². The summed E-state index contributed by atoms with van der Waals surface area (Å²) in [6.07, 6.45) is 0. The van der Waals surface area contributed by atoms with Gasteiger partial charge < -0.3 is 18.9 Å². The SMILES string of the molecule is COc1ccc(SN2CC(C)N(S(=O)c3ccc(OC)c(OC)c3)CC2C)cc1OC. The topological polar surface area (TPSA) is 60.5 Å². The van der Waals surface area contributed by atoms with Gasteiger partial charge >= 0.3 is 0 Å². The third-order valence-electron chi connectivity index (χ3n) is 5.22. The fourth-order valence-electron chi connectivity index (χ4n) is 3.49. The van der Waals surface area contributed by atoms with Crippen LogP contribution in [0.25, 0.3) is 0 Å². The van der Waals surface area contributed by atoms with Gasteiger partial charge in [0.05, 0.1) is 33.3 Å². The third-order valence-corrected chi connectivity index (χ3v) is 8.02. The highest BCUT2D eigenvalue weighted by atomic mass is 32.2. The molecule has 0 spiro atoms. The monoisotopic (exact) mass is 466 g/mol. The van der Waals surface area contributed by atoms with Crippen LogP contribution in [0.2, 0.25) is 0 Å². The molecule has 1 saturated heterocycles. The van der Waals surface area contributed by atoms with Crippen LogP contribution < -0.4 is 18.9 Å². The highest BCUT2D eigenvalue weighted by molar-refractivity contribution is 7.97. The summed E-state index contributed by atoms with van der Waals surface area (Å²) in [7, 11) is 5.15. The van der Waals surface area contributed by atoms with Crippen molar-refractivity contribution in [3.8, 4) is 23.0 Å². The lowest BCUT2D eigenvalue weighted by Crippen LogP contribution is -2.54. The lowest BCUT2D eigenvalue weighted by molar-refractivity contribution is 0.181. The van der Waals surface area contributed by atoms with Crippen LogP contribution in [-0.4, -0.2) is 66.4 Å². The van der Waals surface area contributed by atoms with Crippen LogP contribution in [0.1, 0.15) is 13.8 Å². The molecule has 170 valence electrons. The van der Waals surface area contributed by atoms with Crippen molar-refractivity contribution >= 4 is 22.9 Å². The van der Waals surface area contributed by atoms with E-state index in [2.05, 4.69) is 18.2 Å². The molecule has 0 radical (unpaired) electrons. The molecule has 1 aliphatic heterocycles. The van der Waals surface area contributed by atoms with Gasteiger partial charge in [0.2, 0.25) is 0 Å². The summed E-state index contributed by atoms with van der Waals surface area (Å²) < 4.78 is 39.1. The Balaban J connectivity index is 1.72. The van der Waals surface area contributed by atoms with E-state index in [0.717, 1.165) is 11.4 Å². The summed E-state index contributed by atoms with van der Waals surface area (Å²) in [5, 5.41) is 0. The molecule has 0 aliphatic carbocycles. The van der Waals surface area contributed by atoms with Crippen LogP contribution >= 0.6 is 11.9 Å². The molecular formula is C22H30N2O5S2. The van der Waals surface area contributed by atoms with E-state index in [-0.39, 0.29) is 12.1 Å². The summed E-state index contributed by atoms with van der Waals surface area (Å²) in [5.41, 5.74) is 0. The summed E-state index contributed by atoms with van der Waals surface area (Å²) >= 11 is 1.68. The molecule has 0 bridgehead atoms. The van der Waals surface area contributed by atoms with Gasteiger partial charge in [-0.25, -0.2) is 12.8 Å². The highest BCUT2D eigenvalue weighted by Gasteiger charge is 2.33. The molecule has 1 heterocycles.